The maximum Gasteiger partial charge on any atom is 0.305 e. The highest BCUT2D eigenvalue weighted by atomic mass is 35.5. The first kappa shape index (κ1) is 23.6. The van der Waals surface area contributed by atoms with Crippen molar-refractivity contribution in [2.24, 2.45) is 0 Å². The molecule has 2 unspecified atom stereocenters. The second-order valence-corrected chi connectivity index (χ2v) is 10.8. The number of phenolic OH excluding ortho intramolecular Hbond substituents is 1. The van der Waals surface area contributed by atoms with E-state index in [4.69, 9.17) is 16.6 Å². The van der Waals surface area contributed by atoms with E-state index in [2.05, 4.69) is 0 Å². The molecule has 1 fully saturated rings. The summed E-state index contributed by atoms with van der Waals surface area (Å²) >= 11 is 8.69. The van der Waals surface area contributed by atoms with Crippen molar-refractivity contribution in [3.8, 4) is 17.0 Å². The van der Waals surface area contributed by atoms with Crippen molar-refractivity contribution in [1.82, 2.24) is 4.98 Å². The largest absolute Gasteiger partial charge is 0.508 e. The third-order valence-corrected chi connectivity index (χ3v) is 8.06. The van der Waals surface area contributed by atoms with Crippen molar-refractivity contribution in [2.75, 3.05) is 4.90 Å². The molecule has 9 heteroatoms. The monoisotopic (exact) mass is 502 g/mol. The zero-order chi connectivity index (χ0) is 23.9. The average molecular weight is 503 g/mol. The molecule has 6 nitrogen and oxygen atoms in total. The number of nitrogens with zero attached hydrogens (tertiary/aromatic N) is 2. The van der Waals surface area contributed by atoms with Gasteiger partial charge in [0.15, 0.2) is 5.13 Å². The van der Waals surface area contributed by atoms with Crippen LogP contribution in [0.2, 0.25) is 5.02 Å². The van der Waals surface area contributed by atoms with E-state index in [0.29, 0.717) is 15.8 Å². The van der Waals surface area contributed by atoms with Gasteiger partial charge in [-0.05, 0) is 53.8 Å². The lowest BCUT2D eigenvalue weighted by molar-refractivity contribution is -0.138. The second kappa shape index (κ2) is 9.37. The fourth-order valence-electron chi connectivity index (χ4n) is 3.84. The van der Waals surface area contributed by atoms with Crippen LogP contribution in [0.5, 0.6) is 5.75 Å². The maximum atomic E-state index is 13.2. The van der Waals surface area contributed by atoms with Gasteiger partial charge in [0.1, 0.15) is 11.1 Å². The highest BCUT2D eigenvalue weighted by Crippen LogP contribution is 2.48. The van der Waals surface area contributed by atoms with Gasteiger partial charge in [-0.25, -0.2) is 4.98 Å². The van der Waals surface area contributed by atoms with Gasteiger partial charge in [0, 0.05) is 16.0 Å². The molecular formula is C24H23ClN2O4S2. The number of carbonyl (C=O) groups is 2. The van der Waals surface area contributed by atoms with Crippen molar-refractivity contribution in [2.45, 2.75) is 43.7 Å². The summed E-state index contributed by atoms with van der Waals surface area (Å²) in [6.07, 6.45) is -0.253. The Morgan fingerprint density at radius 3 is 2.58 bits per heavy atom. The number of hydrogen-bond donors (Lipinski definition) is 2. The number of carboxylic acids is 1. The molecule has 1 saturated heterocycles. The quantitative estimate of drug-likeness (QED) is 0.415. The lowest BCUT2D eigenvalue weighted by Crippen LogP contribution is -2.31. The van der Waals surface area contributed by atoms with E-state index in [-0.39, 0.29) is 24.0 Å². The van der Waals surface area contributed by atoms with Crippen LogP contribution in [0.25, 0.3) is 11.3 Å². The van der Waals surface area contributed by atoms with E-state index < -0.39 is 16.6 Å². The first-order valence-electron chi connectivity index (χ1n) is 10.4. The fraction of sp³-hybridized carbons (Fsp3) is 0.292. The summed E-state index contributed by atoms with van der Waals surface area (Å²) < 4.78 is 0. The Labute approximate surface area is 205 Å². The summed E-state index contributed by atoms with van der Waals surface area (Å²) in [6.45, 7) is 5.94. The van der Waals surface area contributed by atoms with Crippen molar-refractivity contribution >= 4 is 51.7 Å². The molecule has 2 atom stereocenters. The number of amides is 1. The minimum Gasteiger partial charge on any atom is -0.508 e. The Morgan fingerprint density at radius 1 is 1.24 bits per heavy atom. The van der Waals surface area contributed by atoms with Crippen LogP contribution < -0.4 is 4.90 Å². The van der Waals surface area contributed by atoms with Crippen molar-refractivity contribution in [3.63, 3.8) is 0 Å². The van der Waals surface area contributed by atoms with Crippen LogP contribution in [0.15, 0.2) is 41.8 Å². The van der Waals surface area contributed by atoms with Crippen molar-refractivity contribution < 1.29 is 19.8 Å². The van der Waals surface area contributed by atoms with Gasteiger partial charge in [0.2, 0.25) is 5.91 Å². The van der Waals surface area contributed by atoms with Crippen LogP contribution in [-0.2, 0) is 9.59 Å². The molecule has 2 heterocycles. The molecule has 0 radical (unpaired) electrons. The Kier molecular flexibility index (Phi) is 6.70. The van der Waals surface area contributed by atoms with Crippen LogP contribution in [0, 0.1) is 6.92 Å². The van der Waals surface area contributed by atoms with Crippen molar-refractivity contribution in [1.29, 1.82) is 0 Å². The maximum absolute atomic E-state index is 13.2. The number of benzene rings is 2. The van der Waals surface area contributed by atoms with Crippen LogP contribution >= 0.6 is 34.7 Å². The number of rotatable bonds is 6. The lowest BCUT2D eigenvalue weighted by Gasteiger charge is -2.21. The minimum absolute atomic E-state index is 0.144. The number of carboxylic acid groups (broad SMARTS) is 1. The molecule has 172 valence electrons. The van der Waals surface area contributed by atoms with Gasteiger partial charge in [-0.3, -0.25) is 14.5 Å². The minimum atomic E-state index is -1.02. The summed E-state index contributed by atoms with van der Waals surface area (Å²) in [6, 6.07) is 10.9. The Balaban J connectivity index is 1.74. The van der Waals surface area contributed by atoms with E-state index in [1.807, 2.05) is 44.4 Å². The Bertz CT molecular complexity index is 1210. The number of aryl methyl sites for hydroxylation is 1. The van der Waals surface area contributed by atoms with E-state index in [9.17, 15) is 19.8 Å². The van der Waals surface area contributed by atoms with Gasteiger partial charge in [-0.1, -0.05) is 37.6 Å². The lowest BCUT2D eigenvalue weighted by atomic mass is 9.95. The van der Waals surface area contributed by atoms with Gasteiger partial charge >= 0.3 is 5.97 Å². The van der Waals surface area contributed by atoms with Gasteiger partial charge in [-0.2, -0.15) is 0 Å². The normalized spacial score (nSPS) is 18.3. The molecular weight excluding hydrogens is 480 g/mol. The van der Waals surface area contributed by atoms with Crippen molar-refractivity contribution in [3.05, 3.63) is 63.5 Å². The summed E-state index contributed by atoms with van der Waals surface area (Å²) in [7, 11) is 0. The van der Waals surface area contributed by atoms with Gasteiger partial charge < -0.3 is 10.2 Å². The number of aromatic hydroxyl groups is 1. The number of hydrogen-bond acceptors (Lipinski definition) is 6. The molecule has 33 heavy (non-hydrogen) atoms. The van der Waals surface area contributed by atoms with E-state index >= 15 is 0 Å². The Hall–Kier alpha value is -2.55. The van der Waals surface area contributed by atoms with Gasteiger partial charge in [-0.15, -0.1) is 23.1 Å². The molecule has 4 rings (SSSR count). The number of halogens is 1. The van der Waals surface area contributed by atoms with Crippen LogP contribution in [0.1, 0.15) is 48.3 Å². The molecule has 0 spiro atoms. The molecule has 1 aromatic heterocycles. The molecule has 2 N–H and O–H groups in total. The average Bonchev–Trinajstić information content (AvgIpc) is 3.33. The van der Waals surface area contributed by atoms with E-state index in [1.54, 1.807) is 23.1 Å². The predicted octanol–water partition coefficient (Wildman–Crippen LogP) is 6.22. The summed E-state index contributed by atoms with van der Waals surface area (Å²) in [5, 5.41) is 21.5. The molecule has 0 bridgehead atoms. The fourth-order valence-corrected chi connectivity index (χ4v) is 6.30. The summed E-state index contributed by atoms with van der Waals surface area (Å²) in [5.74, 6) is -0.885. The molecule has 1 aliphatic rings. The highest BCUT2D eigenvalue weighted by Gasteiger charge is 2.44. The number of thioether (sulfide) groups is 1. The molecule has 0 aliphatic carbocycles. The van der Waals surface area contributed by atoms with Crippen LogP contribution in [-0.4, -0.2) is 32.3 Å². The zero-order valence-corrected chi connectivity index (χ0v) is 20.7. The molecule has 2 aromatic carbocycles. The van der Waals surface area contributed by atoms with Gasteiger partial charge in [0.05, 0.1) is 17.4 Å². The zero-order valence-electron chi connectivity index (χ0n) is 18.3. The highest BCUT2D eigenvalue weighted by molar-refractivity contribution is 8.01. The predicted molar refractivity (Wildman–Crippen MR) is 133 cm³/mol. The Morgan fingerprint density at radius 2 is 1.94 bits per heavy atom. The van der Waals surface area contributed by atoms with Crippen LogP contribution in [0.4, 0.5) is 5.13 Å². The summed E-state index contributed by atoms with van der Waals surface area (Å²) in [4.78, 5) is 30.9. The van der Waals surface area contributed by atoms with Crippen LogP contribution in [0.3, 0.4) is 0 Å². The number of phenols is 1. The van der Waals surface area contributed by atoms with Gasteiger partial charge in [0.25, 0.3) is 0 Å². The standard InChI is InChI=1S/C24H23ClN2O4S2/c1-12(2)16-9-17(13(3)8-19(16)28)18-11-32-24(26-18)27-22(31)20(10-21(29)30)33-23(27)14-4-6-15(25)7-5-14/h4-9,11-12,20,23,28H,10H2,1-3H3,(H,29,30). The smallest absolute Gasteiger partial charge is 0.305 e. The number of thiazole rings is 1. The number of aliphatic carboxylic acids is 1. The second-order valence-electron chi connectivity index (χ2n) is 8.23. The molecule has 3 aromatic rings. The third-order valence-electron chi connectivity index (χ3n) is 5.53. The van der Waals surface area contributed by atoms with E-state index in [1.165, 1.54) is 23.1 Å². The summed E-state index contributed by atoms with van der Waals surface area (Å²) in [5.41, 5.74) is 4.17. The number of aromatic nitrogens is 1. The molecule has 1 aliphatic heterocycles. The number of anilines is 1. The topological polar surface area (TPSA) is 90.7 Å². The molecule has 1 amide bonds. The molecule has 0 saturated carbocycles. The third kappa shape index (κ3) is 4.74. The first-order chi connectivity index (χ1) is 15.7. The van der Waals surface area contributed by atoms with E-state index in [0.717, 1.165) is 22.3 Å². The first-order valence-corrected chi connectivity index (χ1v) is 12.6. The number of carbonyl (C=O) groups excluding carboxylic acids is 1. The SMILES string of the molecule is Cc1cc(O)c(C(C)C)cc1-c1csc(N2C(=O)C(CC(=O)O)SC2c2ccc(Cl)cc2)n1.